The molecule has 1 fully saturated rings. The SMILES string of the molecule is CCS(=O)(=O)c1ccc(CNC(=O)c2cc3c(s2)C2(CCN(C(=O)O)CC2)OC[C@H]3C)nc1. The molecule has 9 nitrogen and oxygen atoms in total. The predicted molar refractivity (Wildman–Crippen MR) is 122 cm³/mol. The van der Waals surface area contributed by atoms with E-state index in [1.54, 1.807) is 13.0 Å². The number of aromatic nitrogens is 1. The van der Waals surface area contributed by atoms with Gasteiger partial charge in [0.15, 0.2) is 9.84 Å². The van der Waals surface area contributed by atoms with E-state index >= 15 is 0 Å². The van der Waals surface area contributed by atoms with Gasteiger partial charge in [0.1, 0.15) is 5.60 Å². The molecule has 2 aromatic rings. The molecule has 4 heterocycles. The number of carbonyl (C=O) groups excluding carboxylic acids is 1. The fourth-order valence-electron chi connectivity index (χ4n) is 4.23. The molecule has 0 radical (unpaired) electrons. The summed E-state index contributed by atoms with van der Waals surface area (Å²) in [5.41, 5.74) is 1.11. The number of likely N-dealkylation sites (tertiary alicyclic amines) is 1. The lowest BCUT2D eigenvalue weighted by Gasteiger charge is -2.44. The second-order valence-corrected chi connectivity index (χ2v) is 11.8. The Hall–Kier alpha value is -2.50. The highest BCUT2D eigenvalue weighted by atomic mass is 32.2. The van der Waals surface area contributed by atoms with Gasteiger partial charge in [0, 0.05) is 30.1 Å². The smallest absolute Gasteiger partial charge is 0.407 e. The molecule has 2 N–H and O–H groups in total. The number of amides is 2. The van der Waals surface area contributed by atoms with Crippen molar-refractivity contribution in [1.82, 2.24) is 15.2 Å². The Morgan fingerprint density at radius 1 is 1.33 bits per heavy atom. The van der Waals surface area contributed by atoms with Crippen LogP contribution in [0.2, 0.25) is 0 Å². The summed E-state index contributed by atoms with van der Waals surface area (Å²) in [6, 6.07) is 5.02. The van der Waals surface area contributed by atoms with Crippen molar-refractivity contribution in [3.8, 4) is 0 Å². The Bertz CT molecular complexity index is 1150. The van der Waals surface area contributed by atoms with Crippen LogP contribution >= 0.6 is 11.3 Å². The summed E-state index contributed by atoms with van der Waals surface area (Å²) in [6.07, 6.45) is 1.53. The summed E-state index contributed by atoms with van der Waals surface area (Å²) in [6.45, 7) is 5.15. The van der Waals surface area contributed by atoms with Crippen molar-refractivity contribution in [1.29, 1.82) is 0 Å². The van der Waals surface area contributed by atoms with E-state index < -0.39 is 21.5 Å². The summed E-state index contributed by atoms with van der Waals surface area (Å²) in [4.78, 5) is 31.5. The maximum atomic E-state index is 12.9. The van der Waals surface area contributed by atoms with E-state index in [-0.39, 0.29) is 29.0 Å². The first-order valence-electron chi connectivity index (χ1n) is 10.9. The lowest BCUT2D eigenvalue weighted by molar-refractivity contribution is -0.0978. The topological polar surface area (TPSA) is 126 Å². The Kier molecular flexibility index (Phi) is 6.47. The number of carboxylic acid groups (broad SMARTS) is 1. The normalized spacial score (nSPS) is 19.8. The largest absolute Gasteiger partial charge is 0.465 e. The quantitative estimate of drug-likeness (QED) is 0.656. The number of ether oxygens (including phenoxy) is 1. The van der Waals surface area contributed by atoms with Gasteiger partial charge in [-0.25, -0.2) is 13.2 Å². The van der Waals surface area contributed by atoms with Crippen LogP contribution < -0.4 is 5.32 Å². The van der Waals surface area contributed by atoms with Crippen molar-refractivity contribution >= 4 is 33.2 Å². The van der Waals surface area contributed by atoms with Crippen molar-refractivity contribution in [2.75, 3.05) is 25.4 Å². The summed E-state index contributed by atoms with van der Waals surface area (Å²) >= 11 is 1.40. The summed E-state index contributed by atoms with van der Waals surface area (Å²) in [5, 5.41) is 12.1. The molecule has 2 aliphatic heterocycles. The number of pyridine rings is 1. The Labute approximate surface area is 196 Å². The molecule has 33 heavy (non-hydrogen) atoms. The lowest BCUT2D eigenvalue weighted by atomic mass is 9.82. The van der Waals surface area contributed by atoms with Gasteiger partial charge in [0.2, 0.25) is 0 Å². The van der Waals surface area contributed by atoms with Gasteiger partial charge >= 0.3 is 6.09 Å². The minimum absolute atomic E-state index is 0.00573. The Morgan fingerprint density at radius 3 is 2.67 bits per heavy atom. The van der Waals surface area contributed by atoms with Crippen molar-refractivity contribution < 1.29 is 27.9 Å². The first kappa shape index (κ1) is 23.7. The molecule has 4 rings (SSSR count). The van der Waals surface area contributed by atoms with Crippen molar-refractivity contribution in [3.05, 3.63) is 45.4 Å². The highest BCUT2D eigenvalue weighted by Gasteiger charge is 2.45. The number of nitrogens with one attached hydrogen (secondary N) is 1. The van der Waals surface area contributed by atoms with E-state index in [2.05, 4.69) is 17.2 Å². The molecule has 0 aromatic carbocycles. The van der Waals surface area contributed by atoms with Gasteiger partial charge in [0.05, 0.1) is 34.4 Å². The second kappa shape index (κ2) is 9.03. The van der Waals surface area contributed by atoms with Crippen LogP contribution in [0.15, 0.2) is 29.3 Å². The highest BCUT2D eigenvalue weighted by Crippen LogP contribution is 2.48. The number of sulfone groups is 1. The average molecular weight is 494 g/mol. The number of piperidine rings is 1. The molecule has 0 saturated carbocycles. The number of fused-ring (bicyclic) bond motifs is 2. The number of hydrogen-bond acceptors (Lipinski definition) is 7. The van der Waals surface area contributed by atoms with Gasteiger partial charge in [-0.05, 0) is 36.6 Å². The van der Waals surface area contributed by atoms with Crippen molar-refractivity contribution in [2.24, 2.45) is 0 Å². The first-order valence-corrected chi connectivity index (χ1v) is 13.3. The van der Waals surface area contributed by atoms with Crippen LogP contribution in [0.4, 0.5) is 4.79 Å². The van der Waals surface area contributed by atoms with Crippen LogP contribution in [0.3, 0.4) is 0 Å². The van der Waals surface area contributed by atoms with Gasteiger partial charge in [-0.15, -0.1) is 11.3 Å². The van der Waals surface area contributed by atoms with E-state index in [0.717, 1.165) is 10.4 Å². The van der Waals surface area contributed by atoms with E-state index in [9.17, 15) is 23.1 Å². The lowest BCUT2D eigenvalue weighted by Crippen LogP contribution is -2.47. The molecule has 1 saturated heterocycles. The van der Waals surface area contributed by atoms with E-state index in [0.29, 0.717) is 43.1 Å². The first-order chi connectivity index (χ1) is 15.6. The molecule has 1 spiro atoms. The van der Waals surface area contributed by atoms with Gasteiger partial charge in [-0.3, -0.25) is 9.78 Å². The molecule has 2 aromatic heterocycles. The summed E-state index contributed by atoms with van der Waals surface area (Å²) in [7, 11) is -3.31. The second-order valence-electron chi connectivity index (χ2n) is 8.44. The number of carbonyl (C=O) groups is 2. The Morgan fingerprint density at radius 2 is 2.06 bits per heavy atom. The van der Waals surface area contributed by atoms with Gasteiger partial charge < -0.3 is 20.1 Å². The third-order valence-corrected chi connectivity index (χ3v) is 9.40. The molecule has 1 atom stereocenters. The van der Waals surface area contributed by atoms with Crippen molar-refractivity contribution in [2.45, 2.75) is 49.6 Å². The monoisotopic (exact) mass is 493 g/mol. The van der Waals surface area contributed by atoms with Crippen LogP contribution in [-0.2, 0) is 26.7 Å². The fraction of sp³-hybridized carbons (Fsp3) is 0.500. The molecular weight excluding hydrogens is 466 g/mol. The molecular formula is C22H27N3O6S2. The molecule has 0 unspecified atom stereocenters. The zero-order valence-electron chi connectivity index (χ0n) is 18.5. The zero-order valence-corrected chi connectivity index (χ0v) is 20.2. The Balaban J connectivity index is 1.47. The molecule has 0 aliphatic carbocycles. The summed E-state index contributed by atoms with van der Waals surface area (Å²) < 4.78 is 30.1. The van der Waals surface area contributed by atoms with Gasteiger partial charge in [-0.1, -0.05) is 13.8 Å². The minimum atomic E-state index is -3.31. The maximum Gasteiger partial charge on any atom is 0.407 e. The standard InChI is InChI=1S/C22H27N3O6S2/c1-3-33(29,30)16-5-4-15(23-12-16)11-24-20(26)18-10-17-14(2)13-31-22(19(17)32-18)6-8-25(9-7-22)21(27)28/h4-5,10,12,14H,3,6-9,11,13H2,1-2H3,(H,24,26)(H,27,28)/t14-/m1/s1. The molecule has 2 aliphatic rings. The zero-order chi connectivity index (χ0) is 23.8. The molecule has 2 amide bonds. The number of hydrogen-bond donors (Lipinski definition) is 2. The number of rotatable bonds is 5. The van der Waals surface area contributed by atoms with Crippen LogP contribution in [0.5, 0.6) is 0 Å². The molecule has 0 bridgehead atoms. The predicted octanol–water partition coefficient (Wildman–Crippen LogP) is 2.97. The van der Waals surface area contributed by atoms with E-state index in [4.69, 9.17) is 4.74 Å². The van der Waals surface area contributed by atoms with Gasteiger partial charge in [-0.2, -0.15) is 0 Å². The highest BCUT2D eigenvalue weighted by molar-refractivity contribution is 7.91. The van der Waals surface area contributed by atoms with Gasteiger partial charge in [0.25, 0.3) is 5.91 Å². The van der Waals surface area contributed by atoms with E-state index in [1.807, 2.05) is 6.07 Å². The number of nitrogens with zero attached hydrogens (tertiary/aromatic N) is 2. The molecule has 178 valence electrons. The van der Waals surface area contributed by atoms with Crippen LogP contribution in [-0.4, -0.2) is 60.9 Å². The maximum absolute atomic E-state index is 12.9. The van der Waals surface area contributed by atoms with Crippen LogP contribution in [0.25, 0.3) is 0 Å². The van der Waals surface area contributed by atoms with Crippen molar-refractivity contribution in [3.63, 3.8) is 0 Å². The fourth-order valence-corrected chi connectivity index (χ4v) is 6.45. The van der Waals surface area contributed by atoms with Crippen LogP contribution in [0, 0.1) is 0 Å². The summed E-state index contributed by atoms with van der Waals surface area (Å²) in [5.74, 6) is -0.0754. The van der Waals surface area contributed by atoms with E-state index in [1.165, 1.54) is 28.5 Å². The molecule has 11 heteroatoms. The van der Waals surface area contributed by atoms with Crippen LogP contribution in [0.1, 0.15) is 58.4 Å². The minimum Gasteiger partial charge on any atom is -0.465 e. The third-order valence-electron chi connectivity index (χ3n) is 6.35. The number of thiophene rings is 1. The average Bonchev–Trinajstić information content (AvgIpc) is 3.28. The third kappa shape index (κ3) is 4.62.